The molecule has 3 heteroatoms. The molecule has 104 valence electrons. The molecule has 0 aromatic heterocycles. The summed E-state index contributed by atoms with van der Waals surface area (Å²) in [6, 6.07) is 8.28. The molecule has 2 atom stereocenters. The quantitative estimate of drug-likeness (QED) is 0.872. The highest BCUT2D eigenvalue weighted by Crippen LogP contribution is 2.16. The number of carbonyl (C=O) groups is 1. The van der Waals surface area contributed by atoms with Crippen molar-refractivity contribution in [1.29, 1.82) is 0 Å². The number of piperidine rings is 1. The van der Waals surface area contributed by atoms with Crippen LogP contribution in [0.15, 0.2) is 24.3 Å². The van der Waals surface area contributed by atoms with Crippen LogP contribution in [0, 0.1) is 5.92 Å². The Kier molecular flexibility index (Phi) is 4.97. The number of hydrogen-bond acceptors (Lipinski definition) is 2. The number of rotatable bonds is 4. The lowest BCUT2D eigenvalue weighted by Crippen LogP contribution is -2.50. The molecule has 2 rings (SSSR count). The Morgan fingerprint density at radius 2 is 2.11 bits per heavy atom. The average Bonchev–Trinajstić information content (AvgIpc) is 2.45. The van der Waals surface area contributed by atoms with Crippen molar-refractivity contribution in [3.63, 3.8) is 0 Å². The van der Waals surface area contributed by atoms with Gasteiger partial charge in [-0.1, -0.05) is 38.1 Å². The molecule has 2 N–H and O–H groups in total. The molecule has 0 aliphatic carbocycles. The molecular formula is C16H24N2O. The zero-order valence-corrected chi connectivity index (χ0v) is 11.9. The fraction of sp³-hybridized carbons (Fsp3) is 0.562. The van der Waals surface area contributed by atoms with Gasteiger partial charge in [0.15, 0.2) is 0 Å². The predicted octanol–water partition coefficient (Wildman–Crippen LogP) is 2.25. The van der Waals surface area contributed by atoms with E-state index in [0.717, 1.165) is 19.4 Å². The van der Waals surface area contributed by atoms with Crippen LogP contribution in [-0.2, 0) is 17.8 Å². The number of aryl methyl sites for hydroxylation is 1. The topological polar surface area (TPSA) is 41.1 Å². The van der Waals surface area contributed by atoms with Crippen LogP contribution in [-0.4, -0.2) is 18.5 Å². The normalized spacial score (nSPS) is 23.1. The molecule has 1 aromatic carbocycles. The lowest BCUT2D eigenvalue weighted by Gasteiger charge is -2.29. The van der Waals surface area contributed by atoms with Crippen molar-refractivity contribution >= 4 is 5.91 Å². The van der Waals surface area contributed by atoms with Crippen LogP contribution in [0.4, 0.5) is 0 Å². The van der Waals surface area contributed by atoms with E-state index < -0.39 is 0 Å². The molecule has 1 aliphatic heterocycles. The summed E-state index contributed by atoms with van der Waals surface area (Å²) in [6.45, 7) is 5.88. The van der Waals surface area contributed by atoms with E-state index in [4.69, 9.17) is 0 Å². The van der Waals surface area contributed by atoms with E-state index in [1.165, 1.54) is 17.5 Å². The van der Waals surface area contributed by atoms with E-state index in [-0.39, 0.29) is 11.9 Å². The second-order valence-electron chi connectivity index (χ2n) is 5.39. The molecule has 19 heavy (non-hydrogen) atoms. The minimum atomic E-state index is -0.0254. The summed E-state index contributed by atoms with van der Waals surface area (Å²) in [5, 5.41) is 6.39. The van der Waals surface area contributed by atoms with Gasteiger partial charge in [0.25, 0.3) is 0 Å². The van der Waals surface area contributed by atoms with Crippen LogP contribution in [0.25, 0.3) is 0 Å². The van der Waals surface area contributed by atoms with Gasteiger partial charge in [0, 0.05) is 6.54 Å². The third-order valence-electron chi connectivity index (χ3n) is 4.00. The van der Waals surface area contributed by atoms with Gasteiger partial charge >= 0.3 is 0 Å². The van der Waals surface area contributed by atoms with E-state index in [1.807, 2.05) is 6.07 Å². The monoisotopic (exact) mass is 260 g/mol. The van der Waals surface area contributed by atoms with Crippen LogP contribution in [0.3, 0.4) is 0 Å². The lowest BCUT2D eigenvalue weighted by atomic mass is 9.92. The Morgan fingerprint density at radius 3 is 2.79 bits per heavy atom. The van der Waals surface area contributed by atoms with Gasteiger partial charge in [-0.25, -0.2) is 0 Å². The predicted molar refractivity (Wildman–Crippen MR) is 77.9 cm³/mol. The summed E-state index contributed by atoms with van der Waals surface area (Å²) >= 11 is 0. The van der Waals surface area contributed by atoms with E-state index in [2.05, 4.69) is 42.7 Å². The van der Waals surface area contributed by atoms with Gasteiger partial charge in [-0.15, -0.1) is 0 Å². The SMILES string of the molecule is CCc1ccccc1CNC(=O)C1NCCCC1C. The van der Waals surface area contributed by atoms with Gasteiger partial charge in [-0.2, -0.15) is 0 Å². The minimum Gasteiger partial charge on any atom is -0.351 e. The number of hydrogen-bond donors (Lipinski definition) is 2. The van der Waals surface area contributed by atoms with E-state index in [0.29, 0.717) is 12.5 Å². The van der Waals surface area contributed by atoms with Gasteiger partial charge in [-0.05, 0) is 42.9 Å². The maximum Gasteiger partial charge on any atom is 0.237 e. The molecule has 0 saturated carbocycles. The molecule has 3 nitrogen and oxygen atoms in total. The van der Waals surface area contributed by atoms with Crippen molar-refractivity contribution in [3.8, 4) is 0 Å². The summed E-state index contributed by atoms with van der Waals surface area (Å²) in [7, 11) is 0. The maximum absolute atomic E-state index is 12.2. The second kappa shape index (κ2) is 6.71. The summed E-state index contributed by atoms with van der Waals surface area (Å²) in [5.41, 5.74) is 2.54. The van der Waals surface area contributed by atoms with Gasteiger partial charge in [-0.3, -0.25) is 4.79 Å². The molecule has 1 aliphatic rings. The zero-order chi connectivity index (χ0) is 13.7. The van der Waals surface area contributed by atoms with E-state index in [1.54, 1.807) is 0 Å². The van der Waals surface area contributed by atoms with E-state index in [9.17, 15) is 4.79 Å². The molecular weight excluding hydrogens is 236 g/mol. The first kappa shape index (κ1) is 14.1. The molecule has 1 amide bonds. The highest BCUT2D eigenvalue weighted by atomic mass is 16.2. The minimum absolute atomic E-state index is 0.0254. The van der Waals surface area contributed by atoms with Crippen molar-refractivity contribution in [2.24, 2.45) is 5.92 Å². The van der Waals surface area contributed by atoms with Crippen LogP contribution >= 0.6 is 0 Å². The number of carbonyl (C=O) groups excluding carboxylic acids is 1. The third kappa shape index (κ3) is 3.57. The Hall–Kier alpha value is -1.35. The number of nitrogens with one attached hydrogen (secondary N) is 2. The fourth-order valence-corrected chi connectivity index (χ4v) is 2.77. The van der Waals surface area contributed by atoms with Crippen molar-refractivity contribution in [1.82, 2.24) is 10.6 Å². The van der Waals surface area contributed by atoms with Crippen molar-refractivity contribution in [2.75, 3.05) is 6.54 Å². The molecule has 1 saturated heterocycles. The van der Waals surface area contributed by atoms with Crippen LogP contribution in [0.5, 0.6) is 0 Å². The highest BCUT2D eigenvalue weighted by molar-refractivity contribution is 5.82. The number of benzene rings is 1. The Labute approximate surface area is 115 Å². The van der Waals surface area contributed by atoms with Gasteiger partial charge < -0.3 is 10.6 Å². The van der Waals surface area contributed by atoms with Crippen molar-refractivity contribution in [2.45, 2.75) is 45.7 Å². The molecule has 0 radical (unpaired) electrons. The first-order valence-electron chi connectivity index (χ1n) is 7.30. The lowest BCUT2D eigenvalue weighted by molar-refractivity contribution is -0.125. The third-order valence-corrected chi connectivity index (χ3v) is 4.00. The summed E-state index contributed by atoms with van der Waals surface area (Å²) < 4.78 is 0. The van der Waals surface area contributed by atoms with Crippen molar-refractivity contribution < 1.29 is 4.79 Å². The molecule has 1 fully saturated rings. The second-order valence-corrected chi connectivity index (χ2v) is 5.39. The first-order valence-corrected chi connectivity index (χ1v) is 7.30. The van der Waals surface area contributed by atoms with Crippen LogP contribution in [0.1, 0.15) is 37.8 Å². The standard InChI is InChI=1S/C16H24N2O/c1-3-13-8-4-5-9-14(13)11-18-16(19)15-12(2)7-6-10-17-15/h4-5,8-9,12,15,17H,3,6-7,10-11H2,1-2H3,(H,18,19). The summed E-state index contributed by atoms with van der Waals surface area (Å²) in [4.78, 5) is 12.2. The van der Waals surface area contributed by atoms with Gasteiger partial charge in [0.1, 0.15) is 0 Å². The largest absolute Gasteiger partial charge is 0.351 e. The molecule has 0 spiro atoms. The first-order chi connectivity index (χ1) is 9.22. The van der Waals surface area contributed by atoms with Crippen molar-refractivity contribution in [3.05, 3.63) is 35.4 Å². The maximum atomic E-state index is 12.2. The Bertz CT molecular complexity index is 431. The average molecular weight is 260 g/mol. The molecule has 1 aromatic rings. The van der Waals surface area contributed by atoms with Crippen LogP contribution in [0.2, 0.25) is 0 Å². The van der Waals surface area contributed by atoms with Gasteiger partial charge in [0.05, 0.1) is 6.04 Å². The Morgan fingerprint density at radius 1 is 1.37 bits per heavy atom. The molecule has 0 bridgehead atoms. The smallest absolute Gasteiger partial charge is 0.237 e. The van der Waals surface area contributed by atoms with E-state index >= 15 is 0 Å². The van der Waals surface area contributed by atoms with Crippen LogP contribution < -0.4 is 10.6 Å². The Balaban J connectivity index is 1.92. The molecule has 2 unspecified atom stereocenters. The highest BCUT2D eigenvalue weighted by Gasteiger charge is 2.26. The summed E-state index contributed by atoms with van der Waals surface area (Å²) in [5.74, 6) is 0.563. The molecule has 1 heterocycles. The summed E-state index contributed by atoms with van der Waals surface area (Å²) in [6.07, 6.45) is 3.31. The van der Waals surface area contributed by atoms with Gasteiger partial charge in [0.2, 0.25) is 5.91 Å². The zero-order valence-electron chi connectivity index (χ0n) is 11.9. The fourth-order valence-electron chi connectivity index (χ4n) is 2.77. The number of amides is 1.